The van der Waals surface area contributed by atoms with Crippen molar-refractivity contribution in [3.05, 3.63) is 42.5 Å². The number of carbonyl (C=O) groups excluding carboxylic acids is 1. The fourth-order valence-electron chi connectivity index (χ4n) is 2.00. The lowest BCUT2D eigenvalue weighted by molar-refractivity contribution is 0.0523. The number of alkyl carbamates (subject to hydrolysis) is 1. The van der Waals surface area contributed by atoms with Gasteiger partial charge in [0.1, 0.15) is 5.60 Å². The molecule has 1 aromatic carbocycles. The Bertz CT molecular complexity index is 492. The van der Waals surface area contributed by atoms with Crippen molar-refractivity contribution in [3.8, 4) is 0 Å². The minimum Gasteiger partial charge on any atom is -0.444 e. The van der Waals surface area contributed by atoms with E-state index in [2.05, 4.69) is 24.1 Å². The molecule has 22 heavy (non-hydrogen) atoms. The van der Waals surface area contributed by atoms with Crippen molar-refractivity contribution in [1.29, 1.82) is 0 Å². The van der Waals surface area contributed by atoms with Crippen molar-refractivity contribution < 1.29 is 9.53 Å². The number of hydrogen-bond acceptors (Lipinski definition) is 3. The van der Waals surface area contributed by atoms with Gasteiger partial charge in [-0.3, -0.25) is 0 Å². The number of ether oxygens (including phenoxy) is 1. The van der Waals surface area contributed by atoms with Gasteiger partial charge in [-0.2, -0.15) is 0 Å². The zero-order valence-corrected chi connectivity index (χ0v) is 14.1. The molecule has 4 nitrogen and oxygen atoms in total. The van der Waals surface area contributed by atoms with Crippen LogP contribution in [0.4, 0.5) is 10.5 Å². The molecule has 4 heteroatoms. The molecule has 0 fully saturated rings. The first-order valence-electron chi connectivity index (χ1n) is 7.74. The van der Waals surface area contributed by atoms with Gasteiger partial charge in [-0.25, -0.2) is 4.79 Å². The Hall–Kier alpha value is -1.97. The number of hydrogen-bond donors (Lipinski definition) is 2. The lowest BCUT2D eigenvalue weighted by atomic mass is 10.1. The SMILES string of the molecule is C=CCCC(C)Nc1ccccc1CNC(=O)OC(C)(C)C. The molecule has 0 aromatic heterocycles. The van der Waals surface area contributed by atoms with Gasteiger partial charge >= 0.3 is 6.09 Å². The largest absolute Gasteiger partial charge is 0.444 e. The third kappa shape index (κ3) is 7.16. The van der Waals surface area contributed by atoms with E-state index in [-0.39, 0.29) is 0 Å². The molecular formula is C18H28N2O2. The molecule has 0 spiro atoms. The Morgan fingerprint density at radius 3 is 2.68 bits per heavy atom. The predicted molar refractivity (Wildman–Crippen MR) is 92.0 cm³/mol. The van der Waals surface area contributed by atoms with E-state index in [9.17, 15) is 4.79 Å². The molecule has 1 atom stereocenters. The summed E-state index contributed by atoms with van der Waals surface area (Å²) in [5.74, 6) is 0. The van der Waals surface area contributed by atoms with Crippen LogP contribution in [0.3, 0.4) is 0 Å². The van der Waals surface area contributed by atoms with E-state index in [1.165, 1.54) is 0 Å². The second kappa shape index (κ2) is 8.47. The van der Waals surface area contributed by atoms with Crippen molar-refractivity contribution in [2.75, 3.05) is 5.32 Å². The highest BCUT2D eigenvalue weighted by Gasteiger charge is 2.16. The molecule has 122 valence electrons. The van der Waals surface area contributed by atoms with Crippen molar-refractivity contribution in [2.45, 2.75) is 58.7 Å². The first-order chi connectivity index (χ1) is 10.3. The minimum atomic E-state index is -0.485. The van der Waals surface area contributed by atoms with Gasteiger partial charge in [0.2, 0.25) is 0 Å². The number of rotatable bonds is 7. The van der Waals surface area contributed by atoms with E-state index in [1.807, 2.05) is 51.1 Å². The molecule has 0 heterocycles. The molecule has 0 aliphatic rings. The van der Waals surface area contributed by atoms with Gasteiger partial charge in [0, 0.05) is 18.3 Å². The van der Waals surface area contributed by atoms with E-state index in [4.69, 9.17) is 4.74 Å². The zero-order chi connectivity index (χ0) is 16.6. The van der Waals surface area contributed by atoms with Crippen molar-refractivity contribution in [3.63, 3.8) is 0 Å². The summed E-state index contributed by atoms with van der Waals surface area (Å²) in [5.41, 5.74) is 1.59. The topological polar surface area (TPSA) is 50.4 Å². The van der Waals surface area contributed by atoms with E-state index in [0.29, 0.717) is 12.6 Å². The third-order valence-electron chi connectivity index (χ3n) is 3.05. The van der Waals surface area contributed by atoms with Gasteiger partial charge in [0.05, 0.1) is 0 Å². The van der Waals surface area contributed by atoms with E-state index in [0.717, 1.165) is 24.1 Å². The number of para-hydroxylation sites is 1. The van der Waals surface area contributed by atoms with Gasteiger partial charge in [-0.15, -0.1) is 6.58 Å². The van der Waals surface area contributed by atoms with Gasteiger partial charge in [-0.1, -0.05) is 24.3 Å². The summed E-state index contributed by atoms with van der Waals surface area (Å²) in [4.78, 5) is 11.7. The molecule has 0 saturated heterocycles. The van der Waals surface area contributed by atoms with Gasteiger partial charge in [0.15, 0.2) is 0 Å². The summed E-state index contributed by atoms with van der Waals surface area (Å²) < 4.78 is 5.25. The van der Waals surface area contributed by atoms with Crippen LogP contribution in [0.2, 0.25) is 0 Å². The maximum Gasteiger partial charge on any atom is 0.407 e. The second-order valence-electron chi connectivity index (χ2n) is 6.42. The lowest BCUT2D eigenvalue weighted by Gasteiger charge is -2.21. The third-order valence-corrected chi connectivity index (χ3v) is 3.05. The van der Waals surface area contributed by atoms with Crippen LogP contribution in [0.15, 0.2) is 36.9 Å². The Kier molecular flexibility index (Phi) is 6.96. The number of anilines is 1. The molecule has 1 rings (SSSR count). The minimum absolute atomic E-state index is 0.348. The Balaban J connectivity index is 2.60. The fourth-order valence-corrected chi connectivity index (χ4v) is 2.00. The number of amides is 1. The van der Waals surface area contributed by atoms with Crippen LogP contribution >= 0.6 is 0 Å². The molecule has 0 bridgehead atoms. The lowest BCUT2D eigenvalue weighted by Crippen LogP contribution is -2.32. The van der Waals surface area contributed by atoms with Crippen molar-refractivity contribution in [2.24, 2.45) is 0 Å². The number of carbonyl (C=O) groups is 1. The molecule has 1 aromatic rings. The fraction of sp³-hybridized carbons (Fsp3) is 0.500. The van der Waals surface area contributed by atoms with Crippen molar-refractivity contribution >= 4 is 11.8 Å². The molecule has 0 aliphatic carbocycles. The zero-order valence-electron chi connectivity index (χ0n) is 14.1. The van der Waals surface area contributed by atoms with Gasteiger partial charge in [0.25, 0.3) is 0 Å². The Morgan fingerprint density at radius 2 is 2.05 bits per heavy atom. The van der Waals surface area contributed by atoms with Gasteiger partial charge < -0.3 is 15.4 Å². The normalized spacial score (nSPS) is 12.4. The first kappa shape index (κ1) is 18.1. The Morgan fingerprint density at radius 1 is 1.36 bits per heavy atom. The monoisotopic (exact) mass is 304 g/mol. The summed E-state index contributed by atoms with van der Waals surface area (Å²) in [5, 5.41) is 6.27. The molecule has 0 saturated carbocycles. The number of nitrogens with one attached hydrogen (secondary N) is 2. The molecular weight excluding hydrogens is 276 g/mol. The second-order valence-corrected chi connectivity index (χ2v) is 6.42. The van der Waals surface area contributed by atoms with E-state index in [1.54, 1.807) is 0 Å². The van der Waals surface area contributed by atoms with E-state index < -0.39 is 11.7 Å². The van der Waals surface area contributed by atoms with Crippen molar-refractivity contribution in [1.82, 2.24) is 5.32 Å². The highest BCUT2D eigenvalue weighted by Crippen LogP contribution is 2.17. The molecule has 1 unspecified atom stereocenters. The standard InChI is InChI=1S/C18H28N2O2/c1-6-7-10-14(2)20-16-12-9-8-11-15(16)13-19-17(21)22-18(3,4)5/h6,8-9,11-12,14,20H,1,7,10,13H2,2-5H3,(H,19,21). The first-order valence-corrected chi connectivity index (χ1v) is 7.74. The molecule has 2 N–H and O–H groups in total. The van der Waals surface area contributed by atoms with Crippen LogP contribution < -0.4 is 10.6 Å². The molecule has 1 amide bonds. The van der Waals surface area contributed by atoms with Crippen LogP contribution in [0, 0.1) is 0 Å². The summed E-state index contributed by atoms with van der Waals surface area (Å²) in [7, 11) is 0. The summed E-state index contributed by atoms with van der Waals surface area (Å²) in [6.07, 6.45) is 3.53. The number of benzene rings is 1. The number of allylic oxidation sites excluding steroid dienone is 1. The summed E-state index contributed by atoms with van der Waals surface area (Å²) in [6, 6.07) is 8.32. The predicted octanol–water partition coefficient (Wildman–Crippen LogP) is 4.48. The van der Waals surface area contributed by atoms with Crippen LogP contribution in [0.25, 0.3) is 0 Å². The molecule has 0 radical (unpaired) electrons. The van der Waals surface area contributed by atoms with Crippen LogP contribution in [-0.4, -0.2) is 17.7 Å². The summed E-state index contributed by atoms with van der Waals surface area (Å²) in [6.45, 7) is 11.9. The molecule has 0 aliphatic heterocycles. The maximum absolute atomic E-state index is 11.7. The average molecular weight is 304 g/mol. The average Bonchev–Trinajstić information content (AvgIpc) is 2.42. The highest BCUT2D eigenvalue weighted by molar-refractivity contribution is 5.68. The summed E-state index contributed by atoms with van der Waals surface area (Å²) >= 11 is 0. The Labute approximate surface area is 133 Å². The van der Waals surface area contributed by atoms with Crippen LogP contribution in [-0.2, 0) is 11.3 Å². The van der Waals surface area contributed by atoms with Crippen LogP contribution in [0.1, 0.15) is 46.1 Å². The smallest absolute Gasteiger partial charge is 0.407 e. The quantitative estimate of drug-likeness (QED) is 0.730. The maximum atomic E-state index is 11.7. The van der Waals surface area contributed by atoms with Crippen LogP contribution in [0.5, 0.6) is 0 Å². The highest BCUT2D eigenvalue weighted by atomic mass is 16.6. The van der Waals surface area contributed by atoms with Gasteiger partial charge in [-0.05, 0) is 52.2 Å². The van der Waals surface area contributed by atoms with E-state index >= 15 is 0 Å².